The zero-order valence-electron chi connectivity index (χ0n) is 15.7. The summed E-state index contributed by atoms with van der Waals surface area (Å²) in [5.41, 5.74) is 1.24. The number of imidazole rings is 1. The molecule has 27 heavy (non-hydrogen) atoms. The van der Waals surface area contributed by atoms with E-state index >= 15 is 0 Å². The second-order valence-corrected chi connectivity index (χ2v) is 7.64. The summed E-state index contributed by atoms with van der Waals surface area (Å²) in [6, 6.07) is 3.60. The molecule has 2 aromatic rings. The smallest absolute Gasteiger partial charge is 0.277 e. The van der Waals surface area contributed by atoms with Crippen molar-refractivity contribution in [2.24, 2.45) is 5.92 Å². The van der Waals surface area contributed by atoms with Gasteiger partial charge in [0.25, 0.3) is 5.91 Å². The third kappa shape index (κ3) is 3.42. The molecule has 4 heterocycles. The fourth-order valence-corrected chi connectivity index (χ4v) is 4.16. The van der Waals surface area contributed by atoms with Crippen LogP contribution in [0.3, 0.4) is 0 Å². The number of nitrogens with zero attached hydrogens (tertiary/aromatic N) is 4. The van der Waals surface area contributed by atoms with Crippen molar-refractivity contribution in [1.82, 2.24) is 19.2 Å². The van der Waals surface area contributed by atoms with Crippen LogP contribution in [0.15, 0.2) is 18.3 Å². The van der Waals surface area contributed by atoms with Crippen LogP contribution in [0.4, 0.5) is 4.39 Å². The fourth-order valence-electron chi connectivity index (χ4n) is 4.16. The van der Waals surface area contributed by atoms with Gasteiger partial charge < -0.3 is 9.80 Å². The van der Waals surface area contributed by atoms with Gasteiger partial charge in [0.05, 0.1) is 0 Å². The molecule has 2 aliphatic heterocycles. The number of carbonyl (C=O) groups excluding carboxylic acids is 2. The maximum Gasteiger partial charge on any atom is 0.277 e. The number of hydrogen-bond acceptors (Lipinski definition) is 3. The molecule has 2 amide bonds. The van der Waals surface area contributed by atoms with Gasteiger partial charge in [-0.25, -0.2) is 4.98 Å². The number of aromatic nitrogens is 2. The molecular weight excluding hydrogens is 347 g/mol. The lowest BCUT2D eigenvalue weighted by molar-refractivity contribution is -0.127. The van der Waals surface area contributed by atoms with E-state index in [4.69, 9.17) is 0 Å². The fraction of sp³-hybridized carbons (Fsp3) is 0.550. The zero-order valence-corrected chi connectivity index (χ0v) is 15.7. The molecule has 2 aliphatic rings. The van der Waals surface area contributed by atoms with Crippen molar-refractivity contribution in [1.29, 1.82) is 0 Å². The number of carbonyl (C=O) groups is 2. The SMILES string of the molecule is Cc1cccn2c(F)c(C(=O)N3CCC(CCN4CCCC4=O)CC3)nc12. The van der Waals surface area contributed by atoms with Gasteiger partial charge in [-0.15, -0.1) is 0 Å². The summed E-state index contributed by atoms with van der Waals surface area (Å²) in [6.45, 7) is 4.78. The topological polar surface area (TPSA) is 57.9 Å². The van der Waals surface area contributed by atoms with Crippen LogP contribution in [0, 0.1) is 18.8 Å². The summed E-state index contributed by atoms with van der Waals surface area (Å²) < 4.78 is 16.0. The van der Waals surface area contributed by atoms with E-state index in [1.807, 2.05) is 17.9 Å². The summed E-state index contributed by atoms with van der Waals surface area (Å²) in [7, 11) is 0. The van der Waals surface area contributed by atoms with Gasteiger partial charge in [-0.3, -0.25) is 14.0 Å². The number of piperidine rings is 1. The zero-order chi connectivity index (χ0) is 19.0. The first-order valence-corrected chi connectivity index (χ1v) is 9.75. The third-order valence-electron chi connectivity index (χ3n) is 5.87. The van der Waals surface area contributed by atoms with Crippen LogP contribution in [0.25, 0.3) is 5.65 Å². The predicted molar refractivity (Wildman–Crippen MR) is 98.9 cm³/mol. The Labute approximate surface area is 158 Å². The first-order chi connectivity index (χ1) is 13.0. The van der Waals surface area contributed by atoms with Crippen LogP contribution >= 0.6 is 0 Å². The molecule has 2 fully saturated rings. The van der Waals surface area contributed by atoms with Gasteiger partial charge in [-0.05, 0) is 50.2 Å². The van der Waals surface area contributed by atoms with Crippen LogP contribution in [-0.2, 0) is 4.79 Å². The Kier molecular flexibility index (Phi) is 4.85. The summed E-state index contributed by atoms with van der Waals surface area (Å²) in [5.74, 6) is -0.145. The van der Waals surface area contributed by atoms with Gasteiger partial charge in [0.1, 0.15) is 5.65 Å². The number of likely N-dealkylation sites (tertiary alicyclic amines) is 2. The van der Waals surface area contributed by atoms with Crippen molar-refractivity contribution in [2.75, 3.05) is 26.2 Å². The molecule has 0 N–H and O–H groups in total. The van der Waals surface area contributed by atoms with E-state index in [0.717, 1.165) is 44.3 Å². The maximum atomic E-state index is 14.6. The van der Waals surface area contributed by atoms with Crippen molar-refractivity contribution >= 4 is 17.5 Å². The van der Waals surface area contributed by atoms with Crippen molar-refractivity contribution in [2.45, 2.75) is 39.0 Å². The molecule has 2 saturated heterocycles. The summed E-state index contributed by atoms with van der Waals surface area (Å²) >= 11 is 0. The van der Waals surface area contributed by atoms with Gasteiger partial charge >= 0.3 is 0 Å². The van der Waals surface area contributed by atoms with Crippen LogP contribution in [0.1, 0.15) is 48.2 Å². The molecule has 0 aromatic carbocycles. The molecule has 0 unspecified atom stereocenters. The van der Waals surface area contributed by atoms with E-state index in [1.165, 1.54) is 4.40 Å². The minimum Gasteiger partial charge on any atom is -0.343 e. The molecule has 0 bridgehead atoms. The minimum atomic E-state index is -0.589. The molecule has 6 nitrogen and oxygen atoms in total. The van der Waals surface area contributed by atoms with Crippen LogP contribution in [0.5, 0.6) is 0 Å². The average Bonchev–Trinajstić information content (AvgIpc) is 3.24. The number of fused-ring (bicyclic) bond motifs is 1. The van der Waals surface area contributed by atoms with Gasteiger partial charge in [0.2, 0.25) is 11.9 Å². The average molecular weight is 372 g/mol. The molecular formula is C20H25FN4O2. The molecule has 0 spiro atoms. The van der Waals surface area contributed by atoms with E-state index in [1.54, 1.807) is 17.2 Å². The quantitative estimate of drug-likeness (QED) is 0.829. The number of pyridine rings is 1. The van der Waals surface area contributed by atoms with Crippen LogP contribution < -0.4 is 0 Å². The molecule has 4 rings (SSSR count). The van der Waals surface area contributed by atoms with Gasteiger partial charge in [-0.1, -0.05) is 6.07 Å². The Hall–Kier alpha value is -2.44. The molecule has 0 aliphatic carbocycles. The highest BCUT2D eigenvalue weighted by molar-refractivity contribution is 5.93. The summed E-state index contributed by atoms with van der Waals surface area (Å²) in [6.07, 6.45) is 6.00. The Morgan fingerprint density at radius 2 is 2.07 bits per heavy atom. The summed E-state index contributed by atoms with van der Waals surface area (Å²) in [4.78, 5) is 32.4. The van der Waals surface area contributed by atoms with E-state index in [0.29, 0.717) is 31.1 Å². The van der Waals surface area contributed by atoms with E-state index in [-0.39, 0.29) is 17.5 Å². The second kappa shape index (κ2) is 7.29. The van der Waals surface area contributed by atoms with Gasteiger partial charge in [0, 0.05) is 38.8 Å². The Balaban J connectivity index is 1.37. The molecule has 144 valence electrons. The third-order valence-corrected chi connectivity index (χ3v) is 5.87. The molecule has 2 aromatic heterocycles. The highest BCUT2D eigenvalue weighted by Crippen LogP contribution is 2.24. The van der Waals surface area contributed by atoms with Crippen molar-refractivity contribution in [3.05, 3.63) is 35.5 Å². The van der Waals surface area contributed by atoms with Crippen LogP contribution in [-0.4, -0.2) is 57.2 Å². The number of aryl methyl sites for hydroxylation is 1. The van der Waals surface area contributed by atoms with Gasteiger partial charge in [0.15, 0.2) is 5.69 Å². The molecule has 0 atom stereocenters. The van der Waals surface area contributed by atoms with Crippen molar-refractivity contribution < 1.29 is 14.0 Å². The molecule has 7 heteroatoms. The maximum absolute atomic E-state index is 14.6. The monoisotopic (exact) mass is 372 g/mol. The summed E-state index contributed by atoms with van der Waals surface area (Å²) in [5, 5.41) is 0. The van der Waals surface area contributed by atoms with Gasteiger partial charge in [-0.2, -0.15) is 4.39 Å². The standard InChI is InChI=1S/C20H25FN4O2/c1-14-4-2-10-25-18(21)17(22-19(14)25)20(27)24-12-7-15(8-13-24)6-11-23-9-3-5-16(23)26/h2,4,10,15H,3,5-9,11-13H2,1H3. The van der Waals surface area contributed by atoms with E-state index < -0.39 is 5.95 Å². The Morgan fingerprint density at radius 3 is 2.74 bits per heavy atom. The highest BCUT2D eigenvalue weighted by atomic mass is 19.1. The predicted octanol–water partition coefficient (Wildman–Crippen LogP) is 2.65. The Morgan fingerprint density at radius 1 is 1.30 bits per heavy atom. The number of amides is 2. The largest absolute Gasteiger partial charge is 0.343 e. The van der Waals surface area contributed by atoms with Crippen LogP contribution in [0.2, 0.25) is 0 Å². The van der Waals surface area contributed by atoms with E-state index in [9.17, 15) is 14.0 Å². The molecule has 0 saturated carbocycles. The van der Waals surface area contributed by atoms with Crippen molar-refractivity contribution in [3.8, 4) is 0 Å². The first-order valence-electron chi connectivity index (χ1n) is 9.75. The number of rotatable bonds is 4. The number of hydrogen-bond donors (Lipinski definition) is 0. The van der Waals surface area contributed by atoms with E-state index in [2.05, 4.69) is 4.98 Å². The lowest BCUT2D eigenvalue weighted by Gasteiger charge is -2.32. The van der Waals surface area contributed by atoms with Crippen molar-refractivity contribution in [3.63, 3.8) is 0 Å². The second-order valence-electron chi connectivity index (χ2n) is 7.64. The number of halogens is 1. The minimum absolute atomic E-state index is 0.0922. The first kappa shape index (κ1) is 17.9. The highest BCUT2D eigenvalue weighted by Gasteiger charge is 2.29. The Bertz CT molecular complexity index is 870. The normalized spacial score (nSPS) is 18.7. The lowest BCUT2D eigenvalue weighted by Crippen LogP contribution is -2.39. The lowest BCUT2D eigenvalue weighted by atomic mass is 9.93. The molecule has 0 radical (unpaired) electrons.